The fraction of sp³-hybridized carbons (Fsp3) is 0.545. The molecule has 0 aromatic carbocycles. The second-order valence-electron chi connectivity index (χ2n) is 4.23. The maximum atomic E-state index is 11.7. The average molecular weight is 269 g/mol. The maximum Gasteiger partial charge on any atom is 0.317 e. The molecular weight excluding hydrogens is 254 g/mol. The molecule has 2 N–H and O–H groups in total. The van der Waals surface area contributed by atoms with Crippen molar-refractivity contribution in [2.24, 2.45) is 5.92 Å². The van der Waals surface area contributed by atoms with Gasteiger partial charge in [0.25, 0.3) is 0 Å². The number of carbonyl (C=O) groups excluding carboxylic acids is 1. The molecule has 1 fully saturated rings. The van der Waals surface area contributed by atoms with Gasteiger partial charge in [-0.3, -0.25) is 4.79 Å². The van der Waals surface area contributed by atoms with E-state index in [9.17, 15) is 9.59 Å². The first kappa shape index (κ1) is 12.8. The molecule has 2 rings (SSSR count). The summed E-state index contributed by atoms with van der Waals surface area (Å²) in [4.78, 5) is 28.2. The summed E-state index contributed by atoms with van der Waals surface area (Å²) in [5, 5.41) is 13.6. The Morgan fingerprint density at radius 1 is 1.61 bits per heavy atom. The monoisotopic (exact) mass is 269 g/mol. The van der Waals surface area contributed by atoms with Crippen molar-refractivity contribution in [3.63, 3.8) is 0 Å². The third-order valence-corrected chi connectivity index (χ3v) is 3.60. The molecule has 2 amide bonds. The summed E-state index contributed by atoms with van der Waals surface area (Å²) in [5.41, 5.74) is 2.72. The molecule has 1 atom stereocenters. The molecular formula is C11H15N3O3S. The number of hydrogen-bond donors (Lipinski definition) is 2. The molecule has 7 heteroatoms. The van der Waals surface area contributed by atoms with Crippen LogP contribution in [0.1, 0.15) is 12.1 Å². The number of amides is 2. The Hall–Kier alpha value is -1.63. The molecule has 6 nitrogen and oxygen atoms in total. The van der Waals surface area contributed by atoms with Crippen LogP contribution in [-0.2, 0) is 11.2 Å². The van der Waals surface area contributed by atoms with Gasteiger partial charge in [0, 0.05) is 31.4 Å². The average Bonchev–Trinajstić information content (AvgIpc) is 2.99. The van der Waals surface area contributed by atoms with Crippen LogP contribution in [0.15, 0.2) is 10.9 Å². The molecule has 1 aliphatic rings. The van der Waals surface area contributed by atoms with Crippen LogP contribution in [0.3, 0.4) is 0 Å². The van der Waals surface area contributed by atoms with Crippen LogP contribution in [0, 0.1) is 5.92 Å². The van der Waals surface area contributed by atoms with Crippen molar-refractivity contribution in [1.82, 2.24) is 15.2 Å². The van der Waals surface area contributed by atoms with E-state index in [1.165, 1.54) is 11.3 Å². The minimum absolute atomic E-state index is 0.186. The SMILES string of the molecule is O=C(O)C1CCN(C(=O)NCCc2cscn2)C1. The summed E-state index contributed by atoms with van der Waals surface area (Å²) < 4.78 is 0. The number of rotatable bonds is 4. The summed E-state index contributed by atoms with van der Waals surface area (Å²) in [7, 11) is 0. The molecule has 1 aromatic rings. The van der Waals surface area contributed by atoms with Gasteiger partial charge in [0.05, 0.1) is 17.1 Å². The molecule has 1 unspecified atom stereocenters. The lowest BCUT2D eigenvalue weighted by Gasteiger charge is -2.16. The number of aliphatic carboxylic acids is 1. The summed E-state index contributed by atoms with van der Waals surface area (Å²) in [6.07, 6.45) is 1.24. The van der Waals surface area contributed by atoms with Gasteiger partial charge in [-0.15, -0.1) is 11.3 Å². The fourth-order valence-corrected chi connectivity index (χ4v) is 2.51. The lowest BCUT2D eigenvalue weighted by Crippen LogP contribution is -2.39. The zero-order valence-corrected chi connectivity index (χ0v) is 10.7. The van der Waals surface area contributed by atoms with Gasteiger partial charge < -0.3 is 15.3 Å². The van der Waals surface area contributed by atoms with Crippen LogP contribution >= 0.6 is 11.3 Å². The third kappa shape index (κ3) is 3.19. The summed E-state index contributed by atoms with van der Waals surface area (Å²) in [6, 6.07) is -0.186. The van der Waals surface area contributed by atoms with Crippen molar-refractivity contribution in [1.29, 1.82) is 0 Å². The molecule has 0 spiro atoms. The molecule has 18 heavy (non-hydrogen) atoms. The largest absolute Gasteiger partial charge is 0.481 e. The van der Waals surface area contributed by atoms with Crippen molar-refractivity contribution in [2.45, 2.75) is 12.8 Å². The third-order valence-electron chi connectivity index (χ3n) is 2.97. The molecule has 0 saturated carbocycles. The van der Waals surface area contributed by atoms with Crippen LogP contribution in [0.2, 0.25) is 0 Å². The second kappa shape index (κ2) is 5.81. The van der Waals surface area contributed by atoms with Crippen LogP contribution in [0.25, 0.3) is 0 Å². The predicted molar refractivity (Wildman–Crippen MR) is 66.5 cm³/mol. The normalized spacial score (nSPS) is 18.9. The summed E-state index contributed by atoms with van der Waals surface area (Å²) in [6.45, 7) is 1.34. The van der Waals surface area contributed by atoms with E-state index in [2.05, 4.69) is 10.3 Å². The highest BCUT2D eigenvalue weighted by Gasteiger charge is 2.30. The van der Waals surface area contributed by atoms with Gasteiger partial charge in [0.15, 0.2) is 0 Å². The number of nitrogens with one attached hydrogen (secondary N) is 1. The number of aromatic nitrogens is 1. The molecule has 98 valence electrons. The van der Waals surface area contributed by atoms with Gasteiger partial charge in [0.1, 0.15) is 0 Å². The van der Waals surface area contributed by atoms with Gasteiger partial charge in [0.2, 0.25) is 0 Å². The number of likely N-dealkylation sites (tertiary alicyclic amines) is 1. The summed E-state index contributed by atoms with van der Waals surface area (Å²) in [5.74, 6) is -1.25. The molecule has 1 aliphatic heterocycles. The minimum atomic E-state index is -0.826. The van der Waals surface area contributed by atoms with E-state index in [4.69, 9.17) is 5.11 Å². The number of nitrogens with zero attached hydrogens (tertiary/aromatic N) is 2. The van der Waals surface area contributed by atoms with Gasteiger partial charge in [-0.25, -0.2) is 9.78 Å². The molecule has 1 saturated heterocycles. The summed E-state index contributed by atoms with van der Waals surface area (Å²) >= 11 is 1.53. The number of carboxylic acid groups (broad SMARTS) is 1. The topological polar surface area (TPSA) is 82.5 Å². The van der Waals surface area contributed by atoms with Crippen molar-refractivity contribution in [3.8, 4) is 0 Å². The first-order valence-corrected chi connectivity index (χ1v) is 6.73. The van der Waals surface area contributed by atoms with E-state index in [0.29, 0.717) is 32.5 Å². The van der Waals surface area contributed by atoms with Crippen LogP contribution in [-0.4, -0.2) is 46.6 Å². The van der Waals surface area contributed by atoms with Gasteiger partial charge in [-0.2, -0.15) is 0 Å². The van der Waals surface area contributed by atoms with E-state index >= 15 is 0 Å². The van der Waals surface area contributed by atoms with Crippen LogP contribution in [0.4, 0.5) is 4.79 Å². The molecule has 0 aliphatic carbocycles. The minimum Gasteiger partial charge on any atom is -0.481 e. The van der Waals surface area contributed by atoms with E-state index in [-0.39, 0.29) is 6.03 Å². The van der Waals surface area contributed by atoms with E-state index in [0.717, 1.165) is 5.69 Å². The Morgan fingerprint density at radius 3 is 3.06 bits per heavy atom. The van der Waals surface area contributed by atoms with Gasteiger partial charge in [-0.1, -0.05) is 0 Å². The highest BCUT2D eigenvalue weighted by Crippen LogP contribution is 2.16. The number of carboxylic acids is 1. The molecule has 2 heterocycles. The first-order valence-electron chi connectivity index (χ1n) is 5.79. The Morgan fingerprint density at radius 2 is 2.44 bits per heavy atom. The van der Waals surface area contributed by atoms with Crippen LogP contribution in [0.5, 0.6) is 0 Å². The van der Waals surface area contributed by atoms with E-state index in [1.807, 2.05) is 5.38 Å². The fourth-order valence-electron chi connectivity index (χ4n) is 1.92. The smallest absolute Gasteiger partial charge is 0.317 e. The standard InChI is InChI=1S/C11H15N3O3S/c15-10(16)8-2-4-14(5-8)11(17)12-3-1-9-6-18-7-13-9/h6-8H,1-5H2,(H,12,17)(H,15,16). The van der Waals surface area contributed by atoms with Gasteiger partial charge in [-0.05, 0) is 6.42 Å². The predicted octanol–water partition coefficient (Wildman–Crippen LogP) is 0.802. The van der Waals surface area contributed by atoms with Crippen molar-refractivity contribution >= 4 is 23.3 Å². The van der Waals surface area contributed by atoms with E-state index in [1.54, 1.807) is 10.4 Å². The van der Waals surface area contributed by atoms with Crippen molar-refractivity contribution < 1.29 is 14.7 Å². The van der Waals surface area contributed by atoms with Crippen LogP contribution < -0.4 is 5.32 Å². The number of carbonyl (C=O) groups is 2. The van der Waals surface area contributed by atoms with Gasteiger partial charge >= 0.3 is 12.0 Å². The number of urea groups is 1. The molecule has 0 bridgehead atoms. The number of hydrogen-bond acceptors (Lipinski definition) is 4. The zero-order chi connectivity index (χ0) is 13.0. The molecule has 0 radical (unpaired) electrons. The highest BCUT2D eigenvalue weighted by molar-refractivity contribution is 7.07. The molecule has 1 aromatic heterocycles. The Labute approximate surface area is 109 Å². The van der Waals surface area contributed by atoms with E-state index < -0.39 is 11.9 Å². The lowest BCUT2D eigenvalue weighted by molar-refractivity contribution is -0.141. The Balaban J connectivity index is 1.71. The Kier molecular flexibility index (Phi) is 4.14. The Bertz CT molecular complexity index is 421. The van der Waals surface area contributed by atoms with Crippen molar-refractivity contribution in [3.05, 3.63) is 16.6 Å². The van der Waals surface area contributed by atoms with Crippen molar-refractivity contribution in [2.75, 3.05) is 19.6 Å². The first-order chi connectivity index (χ1) is 8.66. The zero-order valence-electron chi connectivity index (χ0n) is 9.83. The second-order valence-corrected chi connectivity index (χ2v) is 4.95. The highest BCUT2D eigenvalue weighted by atomic mass is 32.1. The lowest BCUT2D eigenvalue weighted by atomic mass is 10.1. The maximum absolute atomic E-state index is 11.7. The quantitative estimate of drug-likeness (QED) is 0.847. The number of thiazole rings is 1.